The highest BCUT2D eigenvalue weighted by Crippen LogP contribution is 2.30. The molecule has 6 heteroatoms. The predicted octanol–water partition coefficient (Wildman–Crippen LogP) is 0.215. The van der Waals surface area contributed by atoms with Crippen molar-refractivity contribution in [1.29, 1.82) is 5.26 Å². The Bertz CT molecular complexity index is 483. The second-order valence-corrected chi connectivity index (χ2v) is 3.83. The highest BCUT2D eigenvalue weighted by molar-refractivity contribution is 6.01. The Hall–Kier alpha value is -2.13. The third-order valence-corrected chi connectivity index (χ3v) is 2.70. The average Bonchev–Trinajstić information content (AvgIpc) is 2.26. The molecule has 0 saturated heterocycles. The second kappa shape index (κ2) is 5.98. The minimum Gasteiger partial charge on any atom is -0.468 e. The van der Waals surface area contributed by atoms with Gasteiger partial charge in [-0.3, -0.25) is 9.59 Å². The van der Waals surface area contributed by atoms with Gasteiger partial charge in [0.25, 0.3) is 0 Å². The molecule has 1 aliphatic rings. The summed E-state index contributed by atoms with van der Waals surface area (Å²) >= 11 is 0. The summed E-state index contributed by atoms with van der Waals surface area (Å²) in [6, 6.07) is 1.95. The summed E-state index contributed by atoms with van der Waals surface area (Å²) in [5.74, 6) is -1.75. The van der Waals surface area contributed by atoms with E-state index in [2.05, 4.69) is 10.1 Å². The minimum absolute atomic E-state index is 0. The highest BCUT2D eigenvalue weighted by atomic mass is 16.5. The molecule has 1 unspecified atom stereocenters. The highest BCUT2D eigenvalue weighted by Gasteiger charge is 2.36. The van der Waals surface area contributed by atoms with Crippen LogP contribution in [0.15, 0.2) is 22.5 Å². The van der Waals surface area contributed by atoms with Crippen LogP contribution in [0.2, 0.25) is 0 Å². The summed E-state index contributed by atoms with van der Waals surface area (Å²) < 4.78 is 4.66. The van der Waals surface area contributed by atoms with E-state index in [0.29, 0.717) is 17.0 Å². The zero-order valence-corrected chi connectivity index (χ0v) is 10.7. The van der Waals surface area contributed by atoms with Crippen LogP contribution >= 0.6 is 0 Å². The van der Waals surface area contributed by atoms with E-state index in [9.17, 15) is 9.59 Å². The number of nitriles is 1. The van der Waals surface area contributed by atoms with Crippen LogP contribution in [0.4, 0.5) is 0 Å². The van der Waals surface area contributed by atoms with Crippen LogP contribution in [0.1, 0.15) is 20.8 Å². The Morgan fingerprint density at radius 3 is 2.28 bits per heavy atom. The predicted molar refractivity (Wildman–Crippen MR) is 63.9 cm³/mol. The monoisotopic (exact) mass is 252 g/mol. The molecule has 0 aliphatic carbocycles. The molecule has 18 heavy (non-hydrogen) atoms. The van der Waals surface area contributed by atoms with Gasteiger partial charge in [-0.25, -0.2) is 0 Å². The number of carbonyl (C=O) groups is 2. The fraction of sp³-hybridized carbons (Fsp3) is 0.417. The second-order valence-electron chi connectivity index (χ2n) is 3.83. The van der Waals surface area contributed by atoms with E-state index < -0.39 is 11.9 Å². The molecule has 1 heterocycles. The average molecular weight is 252 g/mol. The number of rotatable bonds is 2. The summed E-state index contributed by atoms with van der Waals surface area (Å²) in [5.41, 5.74) is 1.68. The molecule has 6 nitrogen and oxygen atoms in total. The molecule has 0 amide bonds. The van der Waals surface area contributed by atoms with Gasteiger partial charge >= 0.3 is 5.97 Å². The molecule has 98 valence electrons. The summed E-state index contributed by atoms with van der Waals surface area (Å²) in [6.45, 7) is 4.76. The van der Waals surface area contributed by atoms with Crippen LogP contribution in [0.25, 0.3) is 0 Å². The quantitative estimate of drug-likeness (QED) is 0.706. The third kappa shape index (κ3) is 2.57. The van der Waals surface area contributed by atoms with E-state index in [0.717, 1.165) is 0 Å². The maximum absolute atomic E-state index is 11.7. The lowest BCUT2D eigenvalue weighted by Crippen LogP contribution is -2.33. The van der Waals surface area contributed by atoms with Gasteiger partial charge in [-0.1, -0.05) is 0 Å². The van der Waals surface area contributed by atoms with Gasteiger partial charge in [0.05, 0.1) is 18.8 Å². The standard InChI is InChI=1S/C12H14N2O3.H2O/c1-6-9(5-13)11(12(16)17-4)10(8(3)15)7(2)14-6;/h11,14H,1-4H3;1H2. The molecule has 0 radical (unpaired) electrons. The summed E-state index contributed by atoms with van der Waals surface area (Å²) in [6.07, 6.45) is 0. The molecule has 0 aromatic rings. The first kappa shape index (κ1) is 15.9. The maximum atomic E-state index is 11.7. The van der Waals surface area contributed by atoms with Crippen molar-refractivity contribution in [1.82, 2.24) is 5.32 Å². The van der Waals surface area contributed by atoms with Gasteiger partial charge < -0.3 is 15.5 Å². The fourth-order valence-corrected chi connectivity index (χ4v) is 1.96. The van der Waals surface area contributed by atoms with Crippen molar-refractivity contribution in [3.8, 4) is 6.07 Å². The number of Topliss-reactive ketones (excluding diaryl/α,β-unsaturated/α-hetero) is 1. The largest absolute Gasteiger partial charge is 0.468 e. The SMILES string of the molecule is COC(=O)C1C(C#N)=C(C)NC(C)=C1C(C)=O.O. The van der Waals surface area contributed by atoms with Crippen LogP contribution in [0, 0.1) is 17.2 Å². The van der Waals surface area contributed by atoms with Crippen molar-refractivity contribution in [3.05, 3.63) is 22.5 Å². The summed E-state index contributed by atoms with van der Waals surface area (Å²) in [4.78, 5) is 23.3. The van der Waals surface area contributed by atoms with Gasteiger partial charge in [0.1, 0.15) is 5.92 Å². The zero-order valence-electron chi connectivity index (χ0n) is 10.7. The molecule has 0 spiro atoms. The van der Waals surface area contributed by atoms with Crippen LogP contribution in [0.3, 0.4) is 0 Å². The topological polar surface area (TPSA) is 111 Å². The Balaban J connectivity index is 0.00000289. The smallest absolute Gasteiger partial charge is 0.318 e. The van der Waals surface area contributed by atoms with Crippen LogP contribution in [-0.4, -0.2) is 24.3 Å². The first-order valence-corrected chi connectivity index (χ1v) is 5.11. The van der Waals surface area contributed by atoms with Crippen molar-refractivity contribution >= 4 is 11.8 Å². The van der Waals surface area contributed by atoms with Gasteiger partial charge in [-0.05, 0) is 20.8 Å². The maximum Gasteiger partial charge on any atom is 0.318 e. The van der Waals surface area contributed by atoms with E-state index in [-0.39, 0.29) is 16.8 Å². The Morgan fingerprint density at radius 1 is 1.33 bits per heavy atom. The molecule has 0 saturated carbocycles. The molecule has 0 fully saturated rings. The van der Waals surface area contributed by atoms with E-state index in [1.165, 1.54) is 14.0 Å². The molecule has 0 aromatic heterocycles. The third-order valence-electron chi connectivity index (χ3n) is 2.70. The number of methoxy groups -OCH3 is 1. The van der Waals surface area contributed by atoms with Crippen molar-refractivity contribution in [3.63, 3.8) is 0 Å². The van der Waals surface area contributed by atoms with Gasteiger partial charge in [0, 0.05) is 17.0 Å². The minimum atomic E-state index is -0.913. The fourth-order valence-electron chi connectivity index (χ4n) is 1.96. The number of nitrogens with zero attached hydrogens (tertiary/aromatic N) is 1. The van der Waals surface area contributed by atoms with Crippen molar-refractivity contribution in [2.75, 3.05) is 7.11 Å². The number of allylic oxidation sites excluding steroid dienone is 2. The molecule has 3 N–H and O–H groups in total. The first-order chi connectivity index (χ1) is 7.93. The van der Waals surface area contributed by atoms with E-state index in [1.54, 1.807) is 13.8 Å². The zero-order chi connectivity index (χ0) is 13.2. The van der Waals surface area contributed by atoms with Gasteiger partial charge in [-0.2, -0.15) is 5.26 Å². The number of ketones is 1. The number of dihydropyridines is 1. The van der Waals surface area contributed by atoms with Crippen LogP contribution in [0.5, 0.6) is 0 Å². The lowest BCUT2D eigenvalue weighted by Gasteiger charge is -2.26. The van der Waals surface area contributed by atoms with Gasteiger partial charge in [-0.15, -0.1) is 0 Å². The van der Waals surface area contributed by atoms with Crippen molar-refractivity contribution < 1.29 is 19.8 Å². The molecule has 1 atom stereocenters. The Labute approximate surface area is 105 Å². The van der Waals surface area contributed by atoms with Crippen molar-refractivity contribution in [2.45, 2.75) is 20.8 Å². The van der Waals surface area contributed by atoms with Crippen LogP contribution in [-0.2, 0) is 14.3 Å². The number of hydrogen-bond acceptors (Lipinski definition) is 5. The van der Waals surface area contributed by atoms with Gasteiger partial charge in [0.2, 0.25) is 0 Å². The molecule has 0 aromatic carbocycles. The normalized spacial score (nSPS) is 18.5. The Morgan fingerprint density at radius 2 is 1.89 bits per heavy atom. The van der Waals surface area contributed by atoms with E-state index >= 15 is 0 Å². The first-order valence-electron chi connectivity index (χ1n) is 5.11. The molecular weight excluding hydrogens is 236 g/mol. The molecule has 1 rings (SSSR count). The van der Waals surface area contributed by atoms with Gasteiger partial charge in [0.15, 0.2) is 5.78 Å². The molecular formula is C12H16N2O4. The van der Waals surface area contributed by atoms with Crippen molar-refractivity contribution in [2.24, 2.45) is 5.92 Å². The lowest BCUT2D eigenvalue weighted by molar-refractivity contribution is -0.143. The summed E-state index contributed by atoms with van der Waals surface area (Å²) in [5, 5.41) is 12.0. The molecule has 1 aliphatic heterocycles. The van der Waals surface area contributed by atoms with E-state index in [4.69, 9.17) is 5.26 Å². The van der Waals surface area contributed by atoms with E-state index in [1.807, 2.05) is 6.07 Å². The number of nitrogens with one attached hydrogen (secondary N) is 1. The Kier molecular flexibility index (Phi) is 5.27. The number of carbonyl (C=O) groups excluding carboxylic acids is 2. The van der Waals surface area contributed by atoms with Crippen LogP contribution < -0.4 is 5.32 Å². The number of hydrogen-bond donors (Lipinski definition) is 1. The number of esters is 1. The molecule has 0 bridgehead atoms. The number of ether oxygens (including phenoxy) is 1. The summed E-state index contributed by atoms with van der Waals surface area (Å²) in [7, 11) is 1.24. The lowest BCUT2D eigenvalue weighted by atomic mass is 9.84.